The number of para-hydroxylation sites is 1. The second kappa shape index (κ2) is 14.7. The van der Waals surface area contributed by atoms with Gasteiger partial charge >= 0.3 is 0 Å². The molecule has 3 aromatic heterocycles. The van der Waals surface area contributed by atoms with Crippen molar-refractivity contribution in [1.82, 2.24) is 19.5 Å². The summed E-state index contributed by atoms with van der Waals surface area (Å²) >= 11 is 0. The largest absolute Gasteiger partial charge is 0.456 e. The summed E-state index contributed by atoms with van der Waals surface area (Å²) in [4.78, 5) is 15.7. The number of hydrogen-bond donors (Lipinski definition) is 0. The van der Waals surface area contributed by atoms with E-state index in [0.717, 1.165) is 77.6 Å². The number of fused-ring (bicyclic) bond motifs is 6. The summed E-state index contributed by atoms with van der Waals surface area (Å²) in [5, 5.41) is 4.35. The van der Waals surface area contributed by atoms with Crippen molar-refractivity contribution >= 4 is 43.7 Å². The highest BCUT2D eigenvalue weighted by molar-refractivity contribution is 6.14. The zero-order valence-electron chi connectivity index (χ0n) is 33.5. The first-order valence-corrected chi connectivity index (χ1v) is 20.8. The van der Waals surface area contributed by atoms with E-state index >= 15 is 0 Å². The van der Waals surface area contributed by atoms with Gasteiger partial charge in [-0.1, -0.05) is 164 Å². The van der Waals surface area contributed by atoms with Gasteiger partial charge in [0.15, 0.2) is 17.5 Å². The number of rotatable bonds is 7. The Labute approximate surface area is 357 Å². The molecule has 0 amide bonds. The van der Waals surface area contributed by atoms with Gasteiger partial charge in [0.05, 0.1) is 11.0 Å². The zero-order valence-corrected chi connectivity index (χ0v) is 33.5. The first-order chi connectivity index (χ1) is 30.7. The van der Waals surface area contributed by atoms with Gasteiger partial charge < -0.3 is 8.98 Å². The summed E-state index contributed by atoms with van der Waals surface area (Å²) in [6.07, 6.45) is 0. The average molecular weight is 793 g/mol. The van der Waals surface area contributed by atoms with Gasteiger partial charge in [-0.25, -0.2) is 15.0 Å². The molecule has 0 aliphatic heterocycles. The third-order valence-electron chi connectivity index (χ3n) is 11.8. The quantitative estimate of drug-likeness (QED) is 0.161. The monoisotopic (exact) mass is 792 g/mol. The molecule has 0 unspecified atom stereocenters. The molecule has 0 saturated heterocycles. The Balaban J connectivity index is 1.05. The van der Waals surface area contributed by atoms with Crippen molar-refractivity contribution in [1.29, 1.82) is 0 Å². The minimum absolute atomic E-state index is 0.573. The van der Waals surface area contributed by atoms with E-state index in [-0.39, 0.29) is 0 Å². The molecule has 0 bridgehead atoms. The van der Waals surface area contributed by atoms with Crippen LogP contribution in [-0.2, 0) is 0 Å². The molecule has 0 atom stereocenters. The molecule has 5 nitrogen and oxygen atoms in total. The summed E-state index contributed by atoms with van der Waals surface area (Å²) < 4.78 is 8.97. The van der Waals surface area contributed by atoms with Crippen LogP contribution >= 0.6 is 0 Å². The molecule has 62 heavy (non-hydrogen) atoms. The van der Waals surface area contributed by atoms with Crippen LogP contribution in [0.5, 0.6) is 0 Å². The third kappa shape index (κ3) is 6.14. The standard InChI is InChI=1S/C57H36N4O/c1-4-15-37(16-5-1)40-21-12-23-43(33-40)55-58-56(44-24-13-22-41(34-44)38-17-6-2-7-18-38)60-57(59-55)47-26-14-28-53-54(47)49-36-45(30-32-52(49)62-53)61-50-27-11-10-25-46(50)48-35-42(29-31-51(48)61)39-19-8-3-9-20-39/h1-36H. The Hall–Kier alpha value is -8.41. The molecule has 12 rings (SSSR count). The number of hydrogen-bond acceptors (Lipinski definition) is 4. The van der Waals surface area contributed by atoms with Crippen LogP contribution in [0.2, 0.25) is 0 Å². The van der Waals surface area contributed by atoms with Gasteiger partial charge in [0.25, 0.3) is 0 Å². The summed E-state index contributed by atoms with van der Waals surface area (Å²) in [6, 6.07) is 76.3. The van der Waals surface area contributed by atoms with Gasteiger partial charge in [0.1, 0.15) is 11.2 Å². The lowest BCUT2D eigenvalue weighted by Gasteiger charge is -2.11. The molecule has 5 heteroatoms. The Kier molecular flexibility index (Phi) is 8.42. The van der Waals surface area contributed by atoms with Gasteiger partial charge in [-0.3, -0.25) is 0 Å². The first kappa shape index (κ1) is 35.5. The van der Waals surface area contributed by atoms with E-state index in [1.165, 1.54) is 21.9 Å². The number of furan rings is 1. The minimum atomic E-state index is 0.573. The lowest BCUT2D eigenvalue weighted by Crippen LogP contribution is -2.01. The van der Waals surface area contributed by atoms with Crippen molar-refractivity contribution in [2.24, 2.45) is 0 Å². The van der Waals surface area contributed by atoms with Gasteiger partial charge in [-0.2, -0.15) is 0 Å². The first-order valence-electron chi connectivity index (χ1n) is 20.8. The highest BCUT2D eigenvalue weighted by Crippen LogP contribution is 2.40. The summed E-state index contributed by atoms with van der Waals surface area (Å²) in [5.74, 6) is 1.77. The van der Waals surface area contributed by atoms with Crippen LogP contribution in [-0.4, -0.2) is 19.5 Å². The normalized spacial score (nSPS) is 11.5. The molecule has 0 aliphatic rings. The maximum absolute atomic E-state index is 6.61. The van der Waals surface area contributed by atoms with Gasteiger partial charge in [-0.15, -0.1) is 0 Å². The Morgan fingerprint density at radius 1 is 0.306 bits per heavy atom. The van der Waals surface area contributed by atoms with Crippen molar-refractivity contribution in [2.45, 2.75) is 0 Å². The average Bonchev–Trinajstić information content (AvgIpc) is 3.90. The molecule has 0 saturated carbocycles. The second-order valence-corrected chi connectivity index (χ2v) is 15.6. The molecular weight excluding hydrogens is 757 g/mol. The Morgan fingerprint density at radius 3 is 1.47 bits per heavy atom. The van der Waals surface area contributed by atoms with Crippen LogP contribution in [0.3, 0.4) is 0 Å². The molecule has 3 heterocycles. The molecule has 12 aromatic rings. The van der Waals surface area contributed by atoms with Crippen LogP contribution in [0.25, 0.3) is 117 Å². The van der Waals surface area contributed by atoms with Crippen LogP contribution < -0.4 is 0 Å². The molecule has 9 aromatic carbocycles. The van der Waals surface area contributed by atoms with E-state index in [1.807, 2.05) is 24.3 Å². The van der Waals surface area contributed by atoms with Crippen LogP contribution in [0.4, 0.5) is 0 Å². The van der Waals surface area contributed by atoms with Crippen LogP contribution in [0.15, 0.2) is 223 Å². The molecule has 290 valence electrons. The van der Waals surface area contributed by atoms with Crippen molar-refractivity contribution in [2.75, 3.05) is 0 Å². The summed E-state index contributed by atoms with van der Waals surface area (Å²) in [7, 11) is 0. The van der Waals surface area contributed by atoms with E-state index in [9.17, 15) is 0 Å². The van der Waals surface area contributed by atoms with Gasteiger partial charge in [-0.05, 0) is 88.0 Å². The maximum Gasteiger partial charge on any atom is 0.164 e. The van der Waals surface area contributed by atoms with E-state index in [0.29, 0.717) is 17.5 Å². The fourth-order valence-corrected chi connectivity index (χ4v) is 8.89. The van der Waals surface area contributed by atoms with E-state index in [1.54, 1.807) is 0 Å². The van der Waals surface area contributed by atoms with Crippen molar-refractivity contribution in [3.63, 3.8) is 0 Å². The predicted molar refractivity (Wildman–Crippen MR) is 254 cm³/mol. The number of aromatic nitrogens is 4. The van der Waals surface area contributed by atoms with Crippen LogP contribution in [0.1, 0.15) is 0 Å². The summed E-state index contributed by atoms with van der Waals surface area (Å²) in [5.41, 5.74) is 14.4. The highest BCUT2D eigenvalue weighted by Gasteiger charge is 2.20. The van der Waals surface area contributed by atoms with E-state index in [2.05, 4.69) is 199 Å². The van der Waals surface area contributed by atoms with Gasteiger partial charge in [0.2, 0.25) is 0 Å². The molecular formula is C57H36N4O. The lowest BCUT2D eigenvalue weighted by molar-refractivity contribution is 0.669. The van der Waals surface area contributed by atoms with Crippen LogP contribution in [0, 0.1) is 0 Å². The minimum Gasteiger partial charge on any atom is -0.456 e. The second-order valence-electron chi connectivity index (χ2n) is 15.6. The number of nitrogens with zero attached hydrogens (tertiary/aromatic N) is 4. The molecule has 0 radical (unpaired) electrons. The maximum atomic E-state index is 6.61. The molecule has 0 aliphatic carbocycles. The lowest BCUT2D eigenvalue weighted by atomic mass is 10.0. The van der Waals surface area contributed by atoms with Crippen molar-refractivity contribution in [3.05, 3.63) is 218 Å². The van der Waals surface area contributed by atoms with Crippen molar-refractivity contribution < 1.29 is 4.42 Å². The smallest absolute Gasteiger partial charge is 0.164 e. The fraction of sp³-hybridized carbons (Fsp3) is 0. The third-order valence-corrected chi connectivity index (χ3v) is 11.8. The highest BCUT2D eigenvalue weighted by atomic mass is 16.3. The number of benzene rings is 9. The SMILES string of the molecule is c1ccc(-c2cccc(-c3nc(-c4cccc(-c5ccccc5)c4)nc(-c4cccc5oc6ccc(-n7c8ccccc8c8cc(-c9ccccc9)ccc87)cc6c45)n3)c2)cc1. The zero-order chi connectivity index (χ0) is 41.0. The van der Waals surface area contributed by atoms with Crippen molar-refractivity contribution in [3.8, 4) is 73.2 Å². The predicted octanol–water partition coefficient (Wildman–Crippen LogP) is 14.9. The Morgan fingerprint density at radius 2 is 0.823 bits per heavy atom. The van der Waals surface area contributed by atoms with Gasteiger partial charge in [0, 0.05) is 43.9 Å². The fourth-order valence-electron chi connectivity index (χ4n) is 8.89. The Bertz CT molecular complexity index is 3530. The van der Waals surface area contributed by atoms with E-state index < -0.39 is 0 Å². The topological polar surface area (TPSA) is 56.7 Å². The molecule has 0 spiro atoms. The summed E-state index contributed by atoms with van der Waals surface area (Å²) in [6.45, 7) is 0. The molecule has 0 N–H and O–H groups in total. The van der Waals surface area contributed by atoms with E-state index in [4.69, 9.17) is 19.4 Å². The molecule has 0 fully saturated rings.